The van der Waals surface area contributed by atoms with Gasteiger partial charge in [0, 0.05) is 47.0 Å². The van der Waals surface area contributed by atoms with Crippen molar-refractivity contribution in [2.45, 2.75) is 13.8 Å². The second-order valence-electron chi connectivity index (χ2n) is 8.56. The van der Waals surface area contributed by atoms with Gasteiger partial charge < -0.3 is 9.47 Å². The third-order valence-corrected chi connectivity index (χ3v) is 6.02. The minimum Gasteiger partial charge on any atom is -0.496 e. The van der Waals surface area contributed by atoms with Crippen LogP contribution in [0.1, 0.15) is 11.1 Å². The monoisotopic (exact) mass is 474 g/mol. The Labute approximate surface area is 210 Å². The number of aromatic nitrogens is 4. The lowest BCUT2D eigenvalue weighted by Crippen LogP contribution is -1.96. The van der Waals surface area contributed by atoms with Gasteiger partial charge in [-0.15, -0.1) is 0 Å². The first-order chi connectivity index (χ1) is 17.6. The van der Waals surface area contributed by atoms with E-state index in [1.807, 2.05) is 99.3 Å². The molecule has 0 spiro atoms. The molecule has 0 saturated carbocycles. The maximum atomic E-state index is 5.77. The number of ether oxygens (including phenoxy) is 2. The molecule has 6 nitrogen and oxygen atoms in total. The molecule has 6 heteroatoms. The average Bonchev–Trinajstić information content (AvgIpc) is 2.93. The lowest BCUT2D eigenvalue weighted by atomic mass is 9.99. The number of aryl methyl sites for hydroxylation is 2. The molecule has 0 aliphatic heterocycles. The second kappa shape index (κ2) is 9.96. The molecule has 0 N–H and O–H groups in total. The maximum absolute atomic E-state index is 5.77. The van der Waals surface area contributed by atoms with E-state index in [0.717, 1.165) is 67.7 Å². The fourth-order valence-corrected chi connectivity index (χ4v) is 4.00. The van der Waals surface area contributed by atoms with Crippen LogP contribution in [0, 0.1) is 13.8 Å². The topological polar surface area (TPSA) is 70.0 Å². The Morgan fingerprint density at radius 3 is 1.11 bits per heavy atom. The number of methoxy groups -OCH3 is 2. The molecule has 0 unspecified atom stereocenters. The normalized spacial score (nSPS) is 10.8. The molecule has 0 saturated heterocycles. The van der Waals surface area contributed by atoms with Crippen molar-refractivity contribution in [3.8, 4) is 56.5 Å². The van der Waals surface area contributed by atoms with E-state index in [-0.39, 0.29) is 0 Å². The minimum absolute atomic E-state index is 0.720. The Kier molecular flexibility index (Phi) is 6.41. The molecule has 0 aliphatic rings. The molecule has 5 rings (SSSR count). The third-order valence-electron chi connectivity index (χ3n) is 6.02. The van der Waals surface area contributed by atoms with Crippen molar-refractivity contribution in [1.29, 1.82) is 0 Å². The summed E-state index contributed by atoms with van der Waals surface area (Å²) >= 11 is 0. The zero-order chi connectivity index (χ0) is 25.1. The van der Waals surface area contributed by atoms with Crippen LogP contribution in [0.2, 0.25) is 0 Å². The molecule has 0 radical (unpaired) electrons. The highest BCUT2D eigenvalue weighted by molar-refractivity contribution is 5.81. The van der Waals surface area contributed by atoms with E-state index in [9.17, 15) is 0 Å². The van der Waals surface area contributed by atoms with Crippen LogP contribution in [0.3, 0.4) is 0 Å². The first kappa shape index (κ1) is 23.2. The lowest BCUT2D eigenvalue weighted by molar-refractivity contribution is 0.406. The van der Waals surface area contributed by atoms with Crippen molar-refractivity contribution in [2.75, 3.05) is 14.2 Å². The van der Waals surface area contributed by atoms with Crippen molar-refractivity contribution in [2.24, 2.45) is 0 Å². The molecular weight excluding hydrogens is 448 g/mol. The van der Waals surface area contributed by atoms with Gasteiger partial charge in [0.1, 0.15) is 11.5 Å². The van der Waals surface area contributed by atoms with Crippen molar-refractivity contribution in [1.82, 2.24) is 19.9 Å². The highest BCUT2D eigenvalue weighted by Crippen LogP contribution is 2.41. The van der Waals surface area contributed by atoms with Gasteiger partial charge in [0.25, 0.3) is 0 Å². The Bertz CT molecular complexity index is 1360. The molecule has 0 fully saturated rings. The van der Waals surface area contributed by atoms with Gasteiger partial charge in [0.15, 0.2) is 0 Å². The number of nitrogens with zero attached hydrogens (tertiary/aromatic N) is 4. The van der Waals surface area contributed by atoms with E-state index >= 15 is 0 Å². The van der Waals surface area contributed by atoms with E-state index in [1.165, 1.54) is 0 Å². The Morgan fingerprint density at radius 2 is 0.833 bits per heavy atom. The van der Waals surface area contributed by atoms with Crippen LogP contribution < -0.4 is 9.47 Å². The van der Waals surface area contributed by atoms with Crippen LogP contribution >= 0.6 is 0 Å². The Balaban J connectivity index is 1.48. The van der Waals surface area contributed by atoms with Gasteiger partial charge in [0.05, 0.1) is 37.0 Å². The molecule has 0 amide bonds. The van der Waals surface area contributed by atoms with Crippen LogP contribution in [-0.4, -0.2) is 34.2 Å². The average molecular weight is 475 g/mol. The number of rotatable bonds is 6. The van der Waals surface area contributed by atoms with Gasteiger partial charge in [-0.05, 0) is 61.4 Å². The molecule has 178 valence electrons. The Morgan fingerprint density at radius 1 is 0.472 bits per heavy atom. The van der Waals surface area contributed by atoms with Crippen LogP contribution in [0.4, 0.5) is 0 Å². The largest absolute Gasteiger partial charge is 0.496 e. The Hall–Kier alpha value is -4.58. The predicted molar refractivity (Wildman–Crippen MR) is 142 cm³/mol. The predicted octanol–water partition coefficient (Wildman–Crippen LogP) is 6.57. The summed E-state index contributed by atoms with van der Waals surface area (Å²) < 4.78 is 11.5. The molecule has 4 aromatic heterocycles. The number of benzene rings is 1. The maximum Gasteiger partial charge on any atom is 0.127 e. The van der Waals surface area contributed by atoms with E-state index < -0.39 is 0 Å². The lowest BCUT2D eigenvalue weighted by Gasteiger charge is -2.15. The van der Waals surface area contributed by atoms with E-state index in [1.54, 1.807) is 14.2 Å². The van der Waals surface area contributed by atoms with Gasteiger partial charge in [-0.3, -0.25) is 19.9 Å². The summed E-state index contributed by atoms with van der Waals surface area (Å²) in [5.74, 6) is 1.44. The zero-order valence-electron chi connectivity index (χ0n) is 20.7. The highest BCUT2D eigenvalue weighted by Gasteiger charge is 2.16. The fraction of sp³-hybridized carbons (Fsp3) is 0.133. The van der Waals surface area contributed by atoms with Crippen molar-refractivity contribution in [3.05, 3.63) is 96.6 Å². The summed E-state index contributed by atoms with van der Waals surface area (Å²) in [4.78, 5) is 18.2. The van der Waals surface area contributed by atoms with Gasteiger partial charge in [0.2, 0.25) is 0 Å². The third kappa shape index (κ3) is 4.66. The van der Waals surface area contributed by atoms with Crippen molar-refractivity contribution >= 4 is 0 Å². The van der Waals surface area contributed by atoms with Crippen molar-refractivity contribution in [3.63, 3.8) is 0 Å². The summed E-state index contributed by atoms with van der Waals surface area (Å²) in [7, 11) is 3.33. The molecule has 0 atom stereocenters. The highest BCUT2D eigenvalue weighted by atomic mass is 16.5. The molecule has 4 heterocycles. The van der Waals surface area contributed by atoms with E-state index in [0.29, 0.717) is 0 Å². The van der Waals surface area contributed by atoms with Crippen LogP contribution in [-0.2, 0) is 0 Å². The van der Waals surface area contributed by atoms with E-state index in [2.05, 4.69) is 19.9 Å². The number of hydrogen-bond donors (Lipinski definition) is 0. The summed E-state index contributed by atoms with van der Waals surface area (Å²) in [6, 6.07) is 19.9. The zero-order valence-corrected chi connectivity index (χ0v) is 20.7. The molecule has 0 bridgehead atoms. The van der Waals surface area contributed by atoms with Crippen LogP contribution in [0.5, 0.6) is 11.5 Å². The summed E-state index contributed by atoms with van der Waals surface area (Å²) in [5, 5.41) is 0. The van der Waals surface area contributed by atoms with E-state index in [4.69, 9.17) is 9.47 Å². The first-order valence-corrected chi connectivity index (χ1v) is 11.6. The molecular formula is C30H26N4O2. The number of hydrogen-bond acceptors (Lipinski definition) is 6. The molecule has 0 aliphatic carbocycles. The quantitative estimate of drug-likeness (QED) is 0.277. The molecule has 36 heavy (non-hydrogen) atoms. The minimum atomic E-state index is 0.720. The molecule has 5 aromatic rings. The SMILES string of the molecule is COc1cc(-c2ccc(-c3ccc(C)cn3)nc2)c(OC)cc1-c1ccc(-c2ccc(C)cn2)nc1. The second-order valence-corrected chi connectivity index (χ2v) is 8.56. The van der Waals surface area contributed by atoms with Crippen LogP contribution in [0.25, 0.3) is 45.0 Å². The number of pyridine rings is 4. The van der Waals surface area contributed by atoms with Crippen LogP contribution in [0.15, 0.2) is 85.5 Å². The smallest absolute Gasteiger partial charge is 0.127 e. The fourth-order valence-electron chi connectivity index (χ4n) is 4.00. The first-order valence-electron chi connectivity index (χ1n) is 11.6. The van der Waals surface area contributed by atoms with Gasteiger partial charge in [-0.25, -0.2) is 0 Å². The van der Waals surface area contributed by atoms with Gasteiger partial charge >= 0.3 is 0 Å². The standard InChI is InChI=1S/C30H26N4O2/c1-19-5-9-25(31-15-19)27-11-7-21(17-33-27)23-13-30(36-4)24(14-29(23)35-3)22-8-12-28(34-18-22)26-10-6-20(2)16-32-26/h5-18H,1-4H3. The summed E-state index contributed by atoms with van der Waals surface area (Å²) in [6.45, 7) is 4.03. The van der Waals surface area contributed by atoms with Crippen molar-refractivity contribution < 1.29 is 9.47 Å². The summed E-state index contributed by atoms with van der Waals surface area (Å²) in [6.07, 6.45) is 7.35. The van der Waals surface area contributed by atoms with Gasteiger partial charge in [-0.1, -0.05) is 24.3 Å². The summed E-state index contributed by atoms with van der Waals surface area (Å²) in [5.41, 5.74) is 9.16. The van der Waals surface area contributed by atoms with Gasteiger partial charge in [-0.2, -0.15) is 0 Å². The molecule has 1 aromatic carbocycles.